The van der Waals surface area contributed by atoms with Gasteiger partial charge < -0.3 is 24.9 Å². The van der Waals surface area contributed by atoms with Crippen molar-refractivity contribution in [3.05, 3.63) is 108 Å². The van der Waals surface area contributed by atoms with Gasteiger partial charge in [0.2, 0.25) is 5.91 Å². The molecule has 0 aliphatic carbocycles. The van der Waals surface area contributed by atoms with E-state index in [1.807, 2.05) is 30.3 Å². The van der Waals surface area contributed by atoms with Gasteiger partial charge in [-0.05, 0) is 60.7 Å². The van der Waals surface area contributed by atoms with E-state index in [4.69, 9.17) is 16.0 Å². The zero-order chi connectivity index (χ0) is 26.5. The molecule has 1 atom stereocenters. The zero-order valence-corrected chi connectivity index (χ0v) is 21.1. The molecule has 9 heteroatoms. The molecule has 1 aliphatic rings. The molecule has 38 heavy (non-hydrogen) atoms. The maximum atomic E-state index is 13.5. The van der Waals surface area contributed by atoms with Gasteiger partial charge in [-0.3, -0.25) is 9.59 Å². The third-order valence-electron chi connectivity index (χ3n) is 6.28. The molecule has 0 saturated carbocycles. The lowest BCUT2D eigenvalue weighted by molar-refractivity contribution is -0.121. The number of piperazine rings is 1. The fourth-order valence-electron chi connectivity index (χ4n) is 4.34. The fraction of sp³-hybridized carbons (Fsp3) is 0.138. The molecule has 0 spiro atoms. The van der Waals surface area contributed by atoms with Gasteiger partial charge >= 0.3 is 6.03 Å². The van der Waals surface area contributed by atoms with Crippen LogP contribution in [0.5, 0.6) is 0 Å². The van der Waals surface area contributed by atoms with Crippen molar-refractivity contribution in [2.24, 2.45) is 0 Å². The van der Waals surface area contributed by atoms with Crippen molar-refractivity contribution in [3.8, 4) is 11.3 Å². The quantitative estimate of drug-likeness (QED) is 0.352. The maximum Gasteiger partial charge on any atom is 0.322 e. The summed E-state index contributed by atoms with van der Waals surface area (Å²) in [4.78, 5) is 43.2. The predicted octanol–water partition coefficient (Wildman–Crippen LogP) is 5.60. The van der Waals surface area contributed by atoms with Crippen LogP contribution in [0.1, 0.15) is 10.4 Å². The second-order valence-electron chi connectivity index (χ2n) is 8.81. The number of halogens is 1. The molecule has 1 fully saturated rings. The first-order valence-corrected chi connectivity index (χ1v) is 12.5. The summed E-state index contributed by atoms with van der Waals surface area (Å²) in [7, 11) is 0. The SMILES string of the molecule is O=C(Nc1ccc(Cl)cc1)C1CN(C(=O)c2cccc(-c3ccco3)c2)CCN1C(=O)Nc1ccccc1. The van der Waals surface area contributed by atoms with Crippen LogP contribution in [-0.2, 0) is 4.79 Å². The van der Waals surface area contributed by atoms with Gasteiger partial charge in [-0.15, -0.1) is 0 Å². The number of amides is 4. The molecule has 1 saturated heterocycles. The molecular formula is C29H25ClN4O4. The summed E-state index contributed by atoms with van der Waals surface area (Å²) in [6, 6.07) is 25.1. The molecule has 1 aromatic heterocycles. The molecule has 5 rings (SSSR count). The van der Waals surface area contributed by atoms with Crippen molar-refractivity contribution in [1.82, 2.24) is 9.80 Å². The van der Waals surface area contributed by atoms with Crippen LogP contribution in [-0.4, -0.2) is 53.3 Å². The van der Waals surface area contributed by atoms with Crippen LogP contribution in [0.15, 0.2) is 102 Å². The number of nitrogens with one attached hydrogen (secondary N) is 2. The minimum atomic E-state index is -0.916. The number of rotatable bonds is 5. The average molecular weight is 529 g/mol. The van der Waals surface area contributed by atoms with Crippen LogP contribution in [0.25, 0.3) is 11.3 Å². The lowest BCUT2D eigenvalue weighted by Crippen LogP contribution is -2.61. The first-order valence-electron chi connectivity index (χ1n) is 12.1. The molecule has 2 heterocycles. The topological polar surface area (TPSA) is 94.9 Å². The van der Waals surface area contributed by atoms with Crippen LogP contribution in [0.4, 0.5) is 16.2 Å². The highest BCUT2D eigenvalue weighted by molar-refractivity contribution is 6.30. The summed E-state index contributed by atoms with van der Waals surface area (Å²) in [6.45, 7) is 0.489. The van der Waals surface area contributed by atoms with Crippen molar-refractivity contribution >= 4 is 40.8 Å². The maximum absolute atomic E-state index is 13.5. The number of benzene rings is 3. The minimum absolute atomic E-state index is 0.0332. The summed E-state index contributed by atoms with van der Waals surface area (Å²) in [5, 5.41) is 6.23. The van der Waals surface area contributed by atoms with E-state index in [1.54, 1.807) is 71.8 Å². The van der Waals surface area contributed by atoms with E-state index < -0.39 is 18.0 Å². The van der Waals surface area contributed by atoms with Crippen LogP contribution < -0.4 is 10.6 Å². The van der Waals surface area contributed by atoms with Crippen molar-refractivity contribution in [1.29, 1.82) is 0 Å². The van der Waals surface area contributed by atoms with Gasteiger partial charge in [-0.25, -0.2) is 4.79 Å². The van der Waals surface area contributed by atoms with E-state index in [0.717, 1.165) is 5.56 Å². The van der Waals surface area contributed by atoms with Crippen LogP contribution in [0, 0.1) is 0 Å². The van der Waals surface area contributed by atoms with E-state index in [1.165, 1.54) is 4.90 Å². The molecule has 4 amide bonds. The Bertz CT molecular complexity index is 1420. The van der Waals surface area contributed by atoms with E-state index in [-0.39, 0.29) is 25.5 Å². The number of urea groups is 1. The van der Waals surface area contributed by atoms with Gasteiger partial charge in [-0.2, -0.15) is 0 Å². The van der Waals surface area contributed by atoms with E-state index in [0.29, 0.717) is 27.7 Å². The first kappa shape index (κ1) is 25.1. The number of furan rings is 1. The second-order valence-corrected chi connectivity index (χ2v) is 9.25. The third kappa shape index (κ3) is 5.71. The van der Waals surface area contributed by atoms with Crippen molar-refractivity contribution in [2.75, 3.05) is 30.3 Å². The molecule has 192 valence electrons. The molecule has 0 radical (unpaired) electrons. The molecule has 4 aromatic rings. The highest BCUT2D eigenvalue weighted by Crippen LogP contribution is 2.23. The lowest BCUT2D eigenvalue weighted by Gasteiger charge is -2.40. The highest BCUT2D eigenvalue weighted by atomic mass is 35.5. The van der Waals surface area contributed by atoms with E-state index in [9.17, 15) is 14.4 Å². The summed E-state index contributed by atoms with van der Waals surface area (Å²) in [6.07, 6.45) is 1.58. The number of nitrogens with zero attached hydrogens (tertiary/aromatic N) is 2. The molecule has 3 aromatic carbocycles. The Kier molecular flexibility index (Phi) is 7.42. The monoisotopic (exact) mass is 528 g/mol. The number of anilines is 2. The fourth-order valence-corrected chi connectivity index (χ4v) is 4.47. The number of hydrogen-bond donors (Lipinski definition) is 2. The second kappa shape index (κ2) is 11.2. The smallest absolute Gasteiger partial charge is 0.322 e. The largest absolute Gasteiger partial charge is 0.464 e. The van der Waals surface area contributed by atoms with Gasteiger partial charge in [0.1, 0.15) is 11.8 Å². The van der Waals surface area contributed by atoms with Crippen molar-refractivity contribution < 1.29 is 18.8 Å². The number of carbonyl (C=O) groups is 3. The van der Waals surface area contributed by atoms with Gasteiger partial charge in [0.15, 0.2) is 0 Å². The molecule has 1 unspecified atom stereocenters. The molecule has 2 N–H and O–H groups in total. The predicted molar refractivity (Wildman–Crippen MR) is 146 cm³/mol. The Labute approximate surface area is 224 Å². The Hall–Kier alpha value is -4.56. The van der Waals surface area contributed by atoms with Crippen molar-refractivity contribution in [3.63, 3.8) is 0 Å². The normalized spacial score (nSPS) is 15.1. The summed E-state index contributed by atoms with van der Waals surface area (Å²) in [5.41, 5.74) is 2.40. The average Bonchev–Trinajstić information content (AvgIpc) is 3.49. The zero-order valence-electron chi connectivity index (χ0n) is 20.3. The Morgan fingerprint density at radius 1 is 0.816 bits per heavy atom. The summed E-state index contributed by atoms with van der Waals surface area (Å²) < 4.78 is 5.46. The molecular weight excluding hydrogens is 504 g/mol. The summed E-state index contributed by atoms with van der Waals surface area (Å²) in [5.74, 6) is 0.0189. The highest BCUT2D eigenvalue weighted by Gasteiger charge is 2.37. The van der Waals surface area contributed by atoms with E-state index >= 15 is 0 Å². The van der Waals surface area contributed by atoms with Crippen LogP contribution in [0.2, 0.25) is 5.02 Å². The van der Waals surface area contributed by atoms with Crippen LogP contribution in [0.3, 0.4) is 0 Å². The standard InChI is InChI=1S/C29H25ClN4O4/c30-22-11-13-24(14-12-22)31-27(35)25-19-33(15-16-34(25)29(37)32-23-8-2-1-3-9-23)28(36)21-7-4-6-20(18-21)26-10-5-17-38-26/h1-14,17-18,25H,15-16,19H2,(H,31,35)(H,32,37). The minimum Gasteiger partial charge on any atom is -0.464 e. The van der Waals surface area contributed by atoms with Crippen molar-refractivity contribution in [2.45, 2.75) is 6.04 Å². The molecule has 8 nitrogen and oxygen atoms in total. The third-order valence-corrected chi connectivity index (χ3v) is 6.54. The van der Waals surface area contributed by atoms with E-state index in [2.05, 4.69) is 10.6 Å². The van der Waals surface area contributed by atoms with Crippen LogP contribution >= 0.6 is 11.6 Å². The number of carbonyl (C=O) groups excluding carboxylic acids is 3. The first-order chi connectivity index (χ1) is 18.5. The Morgan fingerprint density at radius 2 is 1.58 bits per heavy atom. The Balaban J connectivity index is 1.37. The Morgan fingerprint density at radius 3 is 2.32 bits per heavy atom. The number of para-hydroxylation sites is 1. The molecule has 1 aliphatic heterocycles. The number of hydrogen-bond acceptors (Lipinski definition) is 4. The molecule has 0 bridgehead atoms. The van der Waals surface area contributed by atoms with Gasteiger partial charge in [-0.1, -0.05) is 41.9 Å². The summed E-state index contributed by atoms with van der Waals surface area (Å²) >= 11 is 5.97. The lowest BCUT2D eigenvalue weighted by atomic mass is 10.1. The van der Waals surface area contributed by atoms with Gasteiger partial charge in [0.05, 0.1) is 12.8 Å². The van der Waals surface area contributed by atoms with Gasteiger partial charge in [0, 0.05) is 40.6 Å². The van der Waals surface area contributed by atoms with Gasteiger partial charge in [0.25, 0.3) is 5.91 Å².